The number of fused-ring (bicyclic) bond motifs is 1. The lowest BCUT2D eigenvalue weighted by Gasteiger charge is -2.10. The van der Waals surface area contributed by atoms with Gasteiger partial charge in [0.1, 0.15) is 0 Å². The number of imidazole rings is 1. The van der Waals surface area contributed by atoms with Crippen molar-refractivity contribution in [1.29, 1.82) is 0 Å². The molecule has 0 atom stereocenters. The molecule has 0 aliphatic rings. The molecule has 1 aromatic carbocycles. The number of anilines is 3. The number of benzene rings is 1. The average Bonchev–Trinajstić information content (AvgIpc) is 2.91. The molecule has 0 radical (unpaired) electrons. The Morgan fingerprint density at radius 1 is 1.25 bits per heavy atom. The van der Waals surface area contributed by atoms with Gasteiger partial charge in [-0.05, 0) is 18.2 Å². The molecule has 3 aromatic rings. The molecule has 0 aliphatic heterocycles. The van der Waals surface area contributed by atoms with Crippen molar-refractivity contribution in [3.05, 3.63) is 46.8 Å². The van der Waals surface area contributed by atoms with E-state index in [0.29, 0.717) is 33.0 Å². The van der Waals surface area contributed by atoms with E-state index < -0.39 is 0 Å². The molecule has 0 fully saturated rings. The molecule has 102 valence electrons. The topological polar surface area (TPSA) is 80.3 Å². The van der Waals surface area contributed by atoms with Crippen LogP contribution in [0.2, 0.25) is 10.0 Å². The third-order valence-electron chi connectivity index (χ3n) is 2.70. The van der Waals surface area contributed by atoms with Crippen molar-refractivity contribution in [3.8, 4) is 0 Å². The second kappa shape index (κ2) is 5.16. The summed E-state index contributed by atoms with van der Waals surface area (Å²) in [4.78, 5) is 8.56. The number of hydrogen-bond donors (Lipinski definition) is 3. The maximum absolute atomic E-state index is 6.13. The monoisotopic (exact) mass is 308 g/mol. The van der Waals surface area contributed by atoms with Crippen LogP contribution >= 0.6 is 23.2 Å². The van der Waals surface area contributed by atoms with Crippen LogP contribution < -0.4 is 16.6 Å². The maximum atomic E-state index is 6.13. The Labute approximate surface area is 124 Å². The standard InChI is InChI=1S/C12H10Cl2N6/c13-7-1-2-8(14)9(5-7)17-11-12-16-3-4-20(12)6-10(18-11)19-15/h1-6,19H,15H2,(H,17,18). The first kappa shape index (κ1) is 13.0. The number of hydrazine groups is 1. The summed E-state index contributed by atoms with van der Waals surface area (Å²) < 4.78 is 1.79. The smallest absolute Gasteiger partial charge is 0.180 e. The largest absolute Gasteiger partial charge is 0.336 e. The van der Waals surface area contributed by atoms with Crippen LogP contribution in [0.1, 0.15) is 0 Å². The lowest BCUT2D eigenvalue weighted by molar-refractivity contribution is 1.11. The lowest BCUT2D eigenvalue weighted by Crippen LogP contribution is -2.11. The third kappa shape index (κ3) is 2.36. The summed E-state index contributed by atoms with van der Waals surface area (Å²) in [7, 11) is 0. The summed E-state index contributed by atoms with van der Waals surface area (Å²) in [6.45, 7) is 0. The normalized spacial score (nSPS) is 10.8. The van der Waals surface area contributed by atoms with Gasteiger partial charge < -0.3 is 15.1 Å². The van der Waals surface area contributed by atoms with Crippen molar-refractivity contribution in [1.82, 2.24) is 14.4 Å². The first-order valence-electron chi connectivity index (χ1n) is 5.70. The molecule has 0 spiro atoms. The van der Waals surface area contributed by atoms with Gasteiger partial charge in [-0.2, -0.15) is 0 Å². The number of aromatic nitrogens is 3. The van der Waals surface area contributed by atoms with E-state index in [1.807, 2.05) is 0 Å². The van der Waals surface area contributed by atoms with E-state index in [-0.39, 0.29) is 0 Å². The number of nitrogens with two attached hydrogens (primary N) is 1. The Balaban J connectivity index is 2.09. The molecule has 0 amide bonds. The molecular formula is C12H10Cl2N6. The highest BCUT2D eigenvalue weighted by Crippen LogP contribution is 2.29. The van der Waals surface area contributed by atoms with Gasteiger partial charge in [-0.1, -0.05) is 23.2 Å². The molecule has 6 nitrogen and oxygen atoms in total. The first-order valence-corrected chi connectivity index (χ1v) is 6.45. The van der Waals surface area contributed by atoms with Crippen LogP contribution in [-0.2, 0) is 0 Å². The van der Waals surface area contributed by atoms with Gasteiger partial charge in [0, 0.05) is 17.4 Å². The summed E-state index contributed by atoms with van der Waals surface area (Å²) in [6.07, 6.45) is 5.19. The van der Waals surface area contributed by atoms with Crippen molar-refractivity contribution in [2.75, 3.05) is 10.7 Å². The van der Waals surface area contributed by atoms with E-state index in [2.05, 4.69) is 20.7 Å². The second-order valence-corrected chi connectivity index (χ2v) is 4.87. The number of hydrogen-bond acceptors (Lipinski definition) is 5. The maximum Gasteiger partial charge on any atom is 0.180 e. The van der Waals surface area contributed by atoms with Crippen LogP contribution in [0.4, 0.5) is 17.3 Å². The van der Waals surface area contributed by atoms with Gasteiger partial charge in [0.15, 0.2) is 17.3 Å². The number of nitrogens with zero attached hydrogens (tertiary/aromatic N) is 3. The lowest BCUT2D eigenvalue weighted by atomic mass is 10.3. The molecule has 2 heterocycles. The highest BCUT2D eigenvalue weighted by atomic mass is 35.5. The molecule has 0 unspecified atom stereocenters. The summed E-state index contributed by atoms with van der Waals surface area (Å²) >= 11 is 12.1. The average molecular weight is 309 g/mol. The SMILES string of the molecule is NNc1cn2ccnc2c(Nc2cc(Cl)ccc2Cl)n1. The van der Waals surface area contributed by atoms with Crippen LogP contribution in [-0.4, -0.2) is 14.4 Å². The highest BCUT2D eigenvalue weighted by molar-refractivity contribution is 6.35. The Bertz CT molecular complexity index is 770. The van der Waals surface area contributed by atoms with Crippen molar-refractivity contribution >= 4 is 46.2 Å². The predicted octanol–water partition coefficient (Wildman–Crippen LogP) is 3.07. The van der Waals surface area contributed by atoms with Gasteiger partial charge in [0.25, 0.3) is 0 Å². The molecule has 0 aliphatic carbocycles. The van der Waals surface area contributed by atoms with E-state index in [1.54, 1.807) is 41.2 Å². The molecule has 0 saturated carbocycles. The van der Waals surface area contributed by atoms with E-state index in [9.17, 15) is 0 Å². The summed E-state index contributed by atoms with van der Waals surface area (Å²) in [5.74, 6) is 6.42. The number of nitrogens with one attached hydrogen (secondary N) is 2. The summed E-state index contributed by atoms with van der Waals surface area (Å²) in [6, 6.07) is 5.14. The minimum atomic E-state index is 0.496. The van der Waals surface area contributed by atoms with Gasteiger partial charge in [-0.3, -0.25) is 0 Å². The highest BCUT2D eigenvalue weighted by Gasteiger charge is 2.09. The third-order valence-corrected chi connectivity index (χ3v) is 3.27. The Morgan fingerprint density at radius 2 is 2.10 bits per heavy atom. The fraction of sp³-hybridized carbons (Fsp3) is 0. The Morgan fingerprint density at radius 3 is 2.90 bits per heavy atom. The quantitative estimate of drug-likeness (QED) is 0.512. The second-order valence-electron chi connectivity index (χ2n) is 4.03. The first-order chi connectivity index (χ1) is 9.67. The minimum Gasteiger partial charge on any atom is -0.336 e. The number of halogens is 2. The molecule has 3 rings (SSSR count). The van der Waals surface area contributed by atoms with E-state index in [4.69, 9.17) is 29.0 Å². The molecule has 4 N–H and O–H groups in total. The molecule has 8 heteroatoms. The van der Waals surface area contributed by atoms with Crippen LogP contribution in [0, 0.1) is 0 Å². The zero-order chi connectivity index (χ0) is 14.1. The zero-order valence-corrected chi connectivity index (χ0v) is 11.7. The predicted molar refractivity (Wildman–Crippen MR) is 80.5 cm³/mol. The van der Waals surface area contributed by atoms with Crippen LogP contribution in [0.15, 0.2) is 36.8 Å². The summed E-state index contributed by atoms with van der Waals surface area (Å²) in [5.41, 5.74) is 3.80. The zero-order valence-electron chi connectivity index (χ0n) is 10.1. The van der Waals surface area contributed by atoms with Gasteiger partial charge in [-0.15, -0.1) is 0 Å². The molecule has 0 bridgehead atoms. The van der Waals surface area contributed by atoms with Crippen molar-refractivity contribution in [2.24, 2.45) is 5.84 Å². The van der Waals surface area contributed by atoms with Gasteiger partial charge >= 0.3 is 0 Å². The van der Waals surface area contributed by atoms with Crippen LogP contribution in [0.25, 0.3) is 5.65 Å². The Hall–Kier alpha value is -2.02. The van der Waals surface area contributed by atoms with Gasteiger partial charge in [0.05, 0.1) is 16.9 Å². The van der Waals surface area contributed by atoms with E-state index in [0.717, 1.165) is 0 Å². The fourth-order valence-corrected chi connectivity index (χ4v) is 2.14. The van der Waals surface area contributed by atoms with Crippen molar-refractivity contribution < 1.29 is 0 Å². The van der Waals surface area contributed by atoms with E-state index in [1.165, 1.54) is 0 Å². The Kier molecular flexibility index (Phi) is 3.35. The van der Waals surface area contributed by atoms with E-state index >= 15 is 0 Å². The van der Waals surface area contributed by atoms with Gasteiger partial charge in [0.2, 0.25) is 0 Å². The fourth-order valence-electron chi connectivity index (χ4n) is 1.81. The summed E-state index contributed by atoms with van der Waals surface area (Å²) in [5, 5.41) is 4.22. The molecule has 0 saturated heterocycles. The van der Waals surface area contributed by atoms with Crippen molar-refractivity contribution in [3.63, 3.8) is 0 Å². The van der Waals surface area contributed by atoms with Crippen molar-refractivity contribution in [2.45, 2.75) is 0 Å². The molecule has 20 heavy (non-hydrogen) atoms. The molecule has 2 aromatic heterocycles. The van der Waals surface area contributed by atoms with Crippen LogP contribution in [0.5, 0.6) is 0 Å². The number of rotatable bonds is 3. The number of nitrogen functional groups attached to an aromatic ring is 1. The molecular weight excluding hydrogens is 299 g/mol. The van der Waals surface area contributed by atoms with Crippen LogP contribution in [0.3, 0.4) is 0 Å². The minimum absolute atomic E-state index is 0.496. The van der Waals surface area contributed by atoms with Gasteiger partial charge in [-0.25, -0.2) is 15.8 Å².